The van der Waals surface area contributed by atoms with Crippen molar-refractivity contribution >= 4 is 21.6 Å². The van der Waals surface area contributed by atoms with Gasteiger partial charge in [-0.1, -0.05) is 31.0 Å². The average molecular weight is 324 g/mol. The highest BCUT2D eigenvalue weighted by Crippen LogP contribution is 2.17. The number of hydrogen-bond acceptors (Lipinski definition) is 3. The van der Waals surface area contributed by atoms with E-state index in [2.05, 4.69) is 4.72 Å². The highest BCUT2D eigenvalue weighted by Gasteiger charge is 2.15. The van der Waals surface area contributed by atoms with Gasteiger partial charge >= 0.3 is 0 Å². The summed E-state index contributed by atoms with van der Waals surface area (Å²) in [6.07, 6.45) is 1.34. The molecule has 0 spiro atoms. The topological polar surface area (TPSA) is 66.4 Å². The predicted octanol–water partition coefficient (Wildman–Crippen LogP) is 2.31. The van der Waals surface area contributed by atoms with Crippen molar-refractivity contribution in [3.63, 3.8) is 0 Å². The molecule has 0 saturated heterocycles. The van der Waals surface area contributed by atoms with Crippen LogP contribution in [0.4, 0.5) is 4.39 Å². The van der Waals surface area contributed by atoms with E-state index in [1.165, 1.54) is 12.1 Å². The van der Waals surface area contributed by atoms with Crippen LogP contribution in [0.5, 0.6) is 0 Å². The summed E-state index contributed by atoms with van der Waals surface area (Å²) in [7, 11) is -3.50. The van der Waals surface area contributed by atoms with E-state index in [1.807, 2.05) is 6.92 Å². The highest BCUT2D eigenvalue weighted by atomic mass is 35.5. The van der Waals surface area contributed by atoms with Gasteiger partial charge in [-0.15, -0.1) is 0 Å². The molecule has 0 aromatic heterocycles. The van der Waals surface area contributed by atoms with Gasteiger partial charge in [0.25, 0.3) is 0 Å². The van der Waals surface area contributed by atoms with Crippen LogP contribution in [0.25, 0.3) is 0 Å². The minimum atomic E-state index is -3.50. The Hall–Kier alpha value is -0.690. The molecule has 1 aromatic carbocycles. The first kappa shape index (κ1) is 17.4. The highest BCUT2D eigenvalue weighted by molar-refractivity contribution is 7.88. The second-order valence-electron chi connectivity index (χ2n) is 4.64. The standard InChI is InChI=1S/C13H19ClFNO3S/c1-2-10(5-6-17)8-16-20(18,19)9-11-3-4-13(15)12(14)7-11/h3-4,7,10,16-17H,2,5-6,8-9H2,1H3. The average Bonchev–Trinajstić information content (AvgIpc) is 2.38. The number of benzene rings is 1. The third-order valence-corrected chi connectivity index (χ3v) is 4.66. The number of rotatable bonds is 8. The fourth-order valence-electron chi connectivity index (χ4n) is 1.78. The second kappa shape index (κ2) is 7.93. The smallest absolute Gasteiger partial charge is 0.215 e. The van der Waals surface area contributed by atoms with Crippen molar-refractivity contribution in [2.45, 2.75) is 25.5 Å². The van der Waals surface area contributed by atoms with Gasteiger partial charge in [-0.25, -0.2) is 17.5 Å². The molecule has 1 atom stereocenters. The zero-order valence-corrected chi connectivity index (χ0v) is 12.8. The van der Waals surface area contributed by atoms with Gasteiger partial charge in [0.1, 0.15) is 5.82 Å². The van der Waals surface area contributed by atoms with Gasteiger partial charge in [0, 0.05) is 13.2 Å². The predicted molar refractivity (Wildman–Crippen MR) is 77.5 cm³/mol. The van der Waals surface area contributed by atoms with Crippen LogP contribution in [0.3, 0.4) is 0 Å². The maximum Gasteiger partial charge on any atom is 0.215 e. The molecule has 0 heterocycles. The molecule has 4 nitrogen and oxygen atoms in total. The quantitative estimate of drug-likeness (QED) is 0.771. The third-order valence-electron chi connectivity index (χ3n) is 3.05. The Bertz CT molecular complexity index is 536. The van der Waals surface area contributed by atoms with Crippen molar-refractivity contribution in [3.8, 4) is 0 Å². The number of aliphatic hydroxyl groups is 1. The summed E-state index contributed by atoms with van der Waals surface area (Å²) in [5.74, 6) is -0.718. The van der Waals surface area contributed by atoms with E-state index >= 15 is 0 Å². The molecule has 0 fully saturated rings. The molecule has 0 bridgehead atoms. The van der Waals surface area contributed by atoms with Gasteiger partial charge in [-0.05, 0) is 30.0 Å². The van der Waals surface area contributed by atoms with E-state index in [-0.39, 0.29) is 29.8 Å². The van der Waals surface area contributed by atoms with Gasteiger partial charge in [-0.2, -0.15) is 0 Å². The van der Waals surface area contributed by atoms with Crippen LogP contribution in [0, 0.1) is 11.7 Å². The van der Waals surface area contributed by atoms with Gasteiger partial charge in [0.15, 0.2) is 0 Å². The normalized spacial score (nSPS) is 13.4. The monoisotopic (exact) mass is 323 g/mol. The van der Waals surface area contributed by atoms with Crippen molar-refractivity contribution in [1.82, 2.24) is 4.72 Å². The van der Waals surface area contributed by atoms with Gasteiger partial charge in [-0.3, -0.25) is 0 Å². The van der Waals surface area contributed by atoms with Crippen LogP contribution in [-0.4, -0.2) is 26.7 Å². The van der Waals surface area contributed by atoms with Crippen LogP contribution in [0.2, 0.25) is 5.02 Å². The summed E-state index contributed by atoms with van der Waals surface area (Å²) in [5, 5.41) is 8.77. The maximum atomic E-state index is 13.0. The number of halogens is 2. The fourth-order valence-corrected chi connectivity index (χ4v) is 3.19. The molecule has 0 aliphatic heterocycles. The molecule has 114 valence electrons. The molecule has 2 N–H and O–H groups in total. The first-order valence-corrected chi connectivity index (χ1v) is 8.43. The van der Waals surface area contributed by atoms with Crippen LogP contribution < -0.4 is 4.72 Å². The number of aliphatic hydroxyl groups excluding tert-OH is 1. The van der Waals surface area contributed by atoms with Crippen molar-refractivity contribution in [3.05, 3.63) is 34.6 Å². The summed E-state index contributed by atoms with van der Waals surface area (Å²) in [4.78, 5) is 0. The Morgan fingerprint density at radius 1 is 1.45 bits per heavy atom. The first-order valence-electron chi connectivity index (χ1n) is 6.40. The SMILES string of the molecule is CCC(CCO)CNS(=O)(=O)Cc1ccc(F)c(Cl)c1. The third kappa shape index (κ3) is 5.75. The number of hydrogen-bond donors (Lipinski definition) is 2. The first-order chi connectivity index (χ1) is 9.38. The van der Waals surface area contributed by atoms with Crippen molar-refractivity contribution in [1.29, 1.82) is 0 Å². The van der Waals surface area contributed by atoms with E-state index in [0.717, 1.165) is 12.5 Å². The van der Waals surface area contributed by atoms with Crippen LogP contribution in [0.15, 0.2) is 18.2 Å². The van der Waals surface area contributed by atoms with Crippen molar-refractivity contribution < 1.29 is 17.9 Å². The van der Waals surface area contributed by atoms with Crippen LogP contribution >= 0.6 is 11.6 Å². The molecule has 1 aromatic rings. The summed E-state index contributed by atoms with van der Waals surface area (Å²) in [5.41, 5.74) is 0.430. The van der Waals surface area contributed by atoms with Crippen molar-refractivity contribution in [2.24, 2.45) is 5.92 Å². The lowest BCUT2D eigenvalue weighted by molar-refractivity contribution is 0.254. The Morgan fingerprint density at radius 2 is 2.15 bits per heavy atom. The fraction of sp³-hybridized carbons (Fsp3) is 0.538. The summed E-state index contributed by atoms with van der Waals surface area (Å²) in [6, 6.07) is 3.85. The van der Waals surface area contributed by atoms with E-state index in [9.17, 15) is 12.8 Å². The molecular weight excluding hydrogens is 305 g/mol. The van der Waals surface area contributed by atoms with E-state index in [1.54, 1.807) is 0 Å². The molecule has 0 amide bonds. The summed E-state index contributed by atoms with van der Waals surface area (Å²) < 4.78 is 39.3. The van der Waals surface area contributed by atoms with Crippen LogP contribution in [-0.2, 0) is 15.8 Å². The molecule has 1 rings (SSSR count). The van der Waals surface area contributed by atoms with E-state index in [0.29, 0.717) is 12.0 Å². The van der Waals surface area contributed by atoms with Gasteiger partial charge in [0.05, 0.1) is 10.8 Å². The number of sulfonamides is 1. The van der Waals surface area contributed by atoms with E-state index in [4.69, 9.17) is 16.7 Å². The molecule has 0 aliphatic carbocycles. The molecular formula is C13H19ClFNO3S. The zero-order valence-electron chi connectivity index (χ0n) is 11.3. The molecule has 20 heavy (non-hydrogen) atoms. The Balaban J connectivity index is 2.63. The Labute approximate surface area is 124 Å². The van der Waals surface area contributed by atoms with Gasteiger partial charge in [0.2, 0.25) is 10.0 Å². The summed E-state index contributed by atoms with van der Waals surface area (Å²) in [6.45, 7) is 2.26. The Kier molecular flexibility index (Phi) is 6.88. The lowest BCUT2D eigenvalue weighted by atomic mass is 10.0. The minimum Gasteiger partial charge on any atom is -0.396 e. The summed E-state index contributed by atoms with van der Waals surface area (Å²) >= 11 is 5.62. The molecule has 0 radical (unpaired) electrons. The Morgan fingerprint density at radius 3 is 2.70 bits per heavy atom. The van der Waals surface area contributed by atoms with Crippen LogP contribution in [0.1, 0.15) is 25.3 Å². The second-order valence-corrected chi connectivity index (χ2v) is 6.86. The molecule has 0 saturated carbocycles. The lowest BCUT2D eigenvalue weighted by Gasteiger charge is -2.14. The molecule has 1 unspecified atom stereocenters. The molecule has 0 aliphatic rings. The lowest BCUT2D eigenvalue weighted by Crippen LogP contribution is -2.30. The van der Waals surface area contributed by atoms with E-state index < -0.39 is 15.8 Å². The van der Waals surface area contributed by atoms with Gasteiger partial charge < -0.3 is 5.11 Å². The minimum absolute atomic E-state index is 0.0355. The number of nitrogens with one attached hydrogen (secondary N) is 1. The largest absolute Gasteiger partial charge is 0.396 e. The van der Waals surface area contributed by atoms with Crippen molar-refractivity contribution in [2.75, 3.05) is 13.2 Å². The maximum absolute atomic E-state index is 13.0. The zero-order chi connectivity index (χ0) is 15.2. The molecule has 7 heteroatoms.